The molecule has 0 fully saturated rings. The van der Waals surface area contributed by atoms with Crippen LogP contribution < -0.4 is 0 Å². The Morgan fingerprint density at radius 2 is 0.391 bits per heavy atom. The molecule has 226 valence electrons. The van der Waals surface area contributed by atoms with Gasteiger partial charge in [0.2, 0.25) is 0 Å². The molecule has 0 aliphatic heterocycles. The van der Waals surface area contributed by atoms with Gasteiger partial charge in [-0.25, -0.2) is 0 Å². The van der Waals surface area contributed by atoms with Gasteiger partial charge >= 0.3 is 0 Å². The molecule has 46 heavy (non-hydrogen) atoms. The fraction of sp³-hybridized carbons (Fsp3) is 0.0455. The van der Waals surface area contributed by atoms with E-state index in [0.717, 1.165) is 0 Å². The molecule has 0 radical (unpaired) electrons. The second kappa shape index (κ2) is 12.9. The molecular weight excluding hydrogens is 593 g/mol. The van der Waals surface area contributed by atoms with Crippen molar-refractivity contribution in [3.63, 3.8) is 0 Å². The Morgan fingerprint density at radius 1 is 0.217 bits per heavy atom. The van der Waals surface area contributed by atoms with Gasteiger partial charge in [-0.15, -0.1) is 20.1 Å². The zero-order valence-electron chi connectivity index (χ0n) is 26.3. The quantitative estimate of drug-likeness (QED) is 0.157. The van der Waals surface area contributed by atoms with Gasteiger partial charge in [-0.05, 0) is 111 Å². The van der Waals surface area contributed by atoms with Crippen molar-refractivity contribution in [2.45, 2.75) is 53.0 Å². The van der Waals surface area contributed by atoms with Crippen molar-refractivity contribution in [1.29, 1.82) is 0 Å². The Morgan fingerprint density at radius 3 is 0.609 bits per heavy atom. The van der Waals surface area contributed by atoms with E-state index in [1.165, 1.54) is 50.3 Å². The van der Waals surface area contributed by atoms with E-state index >= 15 is 0 Å². The second-order valence-electron chi connectivity index (χ2n) is 11.6. The van der Waals surface area contributed by atoms with Crippen molar-refractivity contribution in [2.24, 2.45) is 0 Å². The van der Waals surface area contributed by atoms with Crippen LogP contribution in [0.25, 0.3) is 0 Å². The summed E-state index contributed by atoms with van der Waals surface area (Å²) in [5, 5.41) is 0. The first kappa shape index (κ1) is 29.9. The van der Waals surface area contributed by atoms with Gasteiger partial charge in [0.1, 0.15) is 0 Å². The van der Waals surface area contributed by atoms with Crippen LogP contribution in [0.3, 0.4) is 0 Å². The normalized spacial score (nSPS) is 12.4. The lowest BCUT2D eigenvalue weighted by Crippen LogP contribution is -2.07. The molecule has 0 aliphatic carbocycles. The first-order valence-corrected chi connectivity index (χ1v) is 19.0. The predicted molar refractivity (Wildman–Crippen MR) is 196 cm³/mol. The highest BCUT2D eigenvalue weighted by atomic mass is 32.3. The van der Waals surface area contributed by atoms with Crippen LogP contribution in [0.2, 0.25) is 0 Å². The van der Waals surface area contributed by atoms with E-state index in [4.69, 9.17) is 0 Å². The summed E-state index contributed by atoms with van der Waals surface area (Å²) in [5.41, 5.74) is 2.54. The summed E-state index contributed by atoms with van der Waals surface area (Å²) in [6.07, 6.45) is 0. The van der Waals surface area contributed by atoms with Gasteiger partial charge in [0.05, 0.1) is 0 Å². The standard InChI is InChI=1S/C44H38S2/c1-35-23-27-41(28-24-35)45(37-15-7-3-8-16-37,38-17-9-4-10-18-38)43-31-33-44(34-32-43)46(39-19-11-5-12-20-39,40-21-13-6-14-22-40)42-29-25-36(2)26-30-42/h3-34H,1-2H3. The number of rotatable bonds is 8. The third kappa shape index (κ3) is 5.18. The maximum absolute atomic E-state index is 2.42. The summed E-state index contributed by atoms with van der Waals surface area (Å²) in [6.45, 7) is 4.34. The molecule has 0 bridgehead atoms. The molecule has 0 N–H and O–H groups in total. The third-order valence-corrected chi connectivity index (χ3v) is 16.5. The number of hydrogen-bond acceptors (Lipinski definition) is 0. The summed E-state index contributed by atoms with van der Waals surface area (Å²) >= 11 is 0. The van der Waals surface area contributed by atoms with Gasteiger partial charge in [0, 0.05) is 39.2 Å². The third-order valence-electron chi connectivity index (χ3n) is 8.67. The SMILES string of the molecule is Cc1ccc(S(c2ccccc2)(c2ccccc2)c2ccc(S(c3ccccc3)(c3ccccc3)c3ccc(C)cc3)cc2)cc1. The minimum atomic E-state index is -1.78. The monoisotopic (exact) mass is 630 g/mol. The van der Waals surface area contributed by atoms with E-state index in [1.807, 2.05) is 0 Å². The molecule has 0 nitrogen and oxygen atoms in total. The fourth-order valence-corrected chi connectivity index (χ4v) is 14.2. The molecule has 0 heterocycles. The van der Waals surface area contributed by atoms with Crippen molar-refractivity contribution in [2.75, 3.05) is 0 Å². The highest BCUT2D eigenvalue weighted by molar-refractivity contribution is 8.34. The van der Waals surface area contributed by atoms with Crippen molar-refractivity contribution < 1.29 is 0 Å². The first-order chi connectivity index (χ1) is 22.6. The van der Waals surface area contributed by atoms with Crippen molar-refractivity contribution in [1.82, 2.24) is 0 Å². The van der Waals surface area contributed by atoms with Gasteiger partial charge in [0.25, 0.3) is 0 Å². The lowest BCUT2D eigenvalue weighted by molar-refractivity contribution is 1.19. The molecule has 7 rings (SSSR count). The Hall–Kier alpha value is -4.76. The number of aryl methyl sites for hydroxylation is 2. The van der Waals surface area contributed by atoms with E-state index in [0.29, 0.717) is 0 Å². The van der Waals surface area contributed by atoms with Crippen molar-refractivity contribution in [3.05, 3.63) is 205 Å². The average Bonchev–Trinajstić information content (AvgIpc) is 3.13. The van der Waals surface area contributed by atoms with Gasteiger partial charge in [-0.1, -0.05) is 108 Å². The number of benzene rings is 7. The highest BCUT2D eigenvalue weighted by Gasteiger charge is 2.36. The maximum Gasteiger partial charge on any atom is 0.00237 e. The molecule has 0 saturated heterocycles. The fourth-order valence-electron chi connectivity index (χ4n) is 6.46. The Labute approximate surface area is 277 Å². The van der Waals surface area contributed by atoms with Crippen LogP contribution in [-0.4, -0.2) is 0 Å². The molecule has 0 amide bonds. The van der Waals surface area contributed by atoms with E-state index in [1.54, 1.807) is 0 Å². The topological polar surface area (TPSA) is 0 Å². The van der Waals surface area contributed by atoms with E-state index < -0.39 is 20.1 Å². The van der Waals surface area contributed by atoms with Crippen molar-refractivity contribution in [3.8, 4) is 0 Å². The summed E-state index contributed by atoms with van der Waals surface area (Å²) in [5.74, 6) is 0. The van der Waals surface area contributed by atoms with Crippen LogP contribution in [-0.2, 0) is 0 Å². The molecule has 0 aromatic heterocycles. The molecule has 7 aromatic rings. The number of hydrogen-bond donors (Lipinski definition) is 0. The van der Waals surface area contributed by atoms with Crippen LogP contribution in [0, 0.1) is 13.8 Å². The van der Waals surface area contributed by atoms with E-state index in [2.05, 4.69) is 208 Å². The van der Waals surface area contributed by atoms with E-state index in [9.17, 15) is 0 Å². The zero-order valence-corrected chi connectivity index (χ0v) is 27.9. The Kier molecular flexibility index (Phi) is 8.41. The summed E-state index contributed by atoms with van der Waals surface area (Å²) < 4.78 is 0. The first-order valence-electron chi connectivity index (χ1n) is 15.7. The Balaban J connectivity index is 1.53. The highest BCUT2D eigenvalue weighted by Crippen LogP contribution is 2.76. The minimum Gasteiger partial charge on any atom is -0.133 e. The predicted octanol–water partition coefficient (Wildman–Crippen LogP) is 13.0. The molecule has 0 spiro atoms. The van der Waals surface area contributed by atoms with Crippen LogP contribution >= 0.6 is 20.1 Å². The summed E-state index contributed by atoms with van der Waals surface area (Å²) in [6, 6.07) is 72.5. The molecular formula is C44H38S2. The zero-order chi connectivity index (χ0) is 31.4. The molecule has 7 aromatic carbocycles. The molecule has 0 atom stereocenters. The smallest absolute Gasteiger partial charge is 0.00237 e. The lowest BCUT2D eigenvalue weighted by atomic mass is 10.2. The van der Waals surface area contributed by atoms with Gasteiger partial charge < -0.3 is 0 Å². The molecule has 2 heteroatoms. The maximum atomic E-state index is 2.42. The average molecular weight is 631 g/mol. The largest absolute Gasteiger partial charge is 0.133 e. The van der Waals surface area contributed by atoms with Crippen LogP contribution in [0.1, 0.15) is 11.1 Å². The van der Waals surface area contributed by atoms with Crippen LogP contribution in [0.5, 0.6) is 0 Å². The van der Waals surface area contributed by atoms with Crippen LogP contribution in [0.4, 0.5) is 0 Å². The Bertz CT molecular complexity index is 1770. The lowest BCUT2D eigenvalue weighted by Gasteiger charge is -2.44. The van der Waals surface area contributed by atoms with Crippen LogP contribution in [0.15, 0.2) is 233 Å². The van der Waals surface area contributed by atoms with E-state index in [-0.39, 0.29) is 0 Å². The second-order valence-corrected chi connectivity index (χ2v) is 17.8. The molecule has 0 saturated carbocycles. The minimum absolute atomic E-state index is 1.27. The van der Waals surface area contributed by atoms with Gasteiger partial charge in [-0.2, -0.15) is 0 Å². The van der Waals surface area contributed by atoms with Crippen molar-refractivity contribution >= 4 is 20.1 Å². The molecule has 0 aliphatic rings. The van der Waals surface area contributed by atoms with Gasteiger partial charge in [-0.3, -0.25) is 0 Å². The van der Waals surface area contributed by atoms with Gasteiger partial charge in [0.15, 0.2) is 0 Å². The molecule has 0 unspecified atom stereocenters. The summed E-state index contributed by atoms with van der Waals surface area (Å²) in [7, 11) is -3.56. The summed E-state index contributed by atoms with van der Waals surface area (Å²) in [4.78, 5) is 10.7.